The lowest BCUT2D eigenvalue weighted by Crippen LogP contribution is -2.29. The third kappa shape index (κ3) is 20.0. The van der Waals surface area contributed by atoms with E-state index in [0.717, 1.165) is 57.8 Å². The zero-order valence-electron chi connectivity index (χ0n) is 21.6. The highest BCUT2D eigenvalue weighted by atomic mass is 16.4. The van der Waals surface area contributed by atoms with Crippen molar-refractivity contribution in [2.24, 2.45) is 11.8 Å². The number of allylic oxidation sites excluding steroid dienone is 2. The molecule has 6 nitrogen and oxygen atoms in total. The summed E-state index contributed by atoms with van der Waals surface area (Å²) in [6.45, 7) is 1.82. The van der Waals surface area contributed by atoms with Gasteiger partial charge in [0, 0.05) is 6.42 Å². The molecule has 0 aromatic rings. The van der Waals surface area contributed by atoms with Gasteiger partial charge in [0.2, 0.25) is 0 Å². The Morgan fingerprint density at radius 2 is 1.24 bits per heavy atom. The van der Waals surface area contributed by atoms with Gasteiger partial charge in [-0.25, -0.2) is 0 Å². The number of aliphatic carboxylic acids is 2. The summed E-state index contributed by atoms with van der Waals surface area (Å²) in [6.07, 6.45) is 21.9. The monoisotopic (exact) mass is 484 g/mol. The summed E-state index contributed by atoms with van der Waals surface area (Å²) in [6, 6.07) is 0. The molecular formula is C28H52O6. The Bertz CT molecular complexity index is 519. The van der Waals surface area contributed by atoms with E-state index in [4.69, 9.17) is 10.2 Å². The largest absolute Gasteiger partial charge is 0.481 e. The topological polar surface area (TPSA) is 115 Å². The Morgan fingerprint density at radius 1 is 0.735 bits per heavy atom. The van der Waals surface area contributed by atoms with Gasteiger partial charge >= 0.3 is 11.9 Å². The maximum absolute atomic E-state index is 11.9. The van der Waals surface area contributed by atoms with Gasteiger partial charge in [0.25, 0.3) is 0 Å². The van der Waals surface area contributed by atoms with Crippen molar-refractivity contribution < 1.29 is 30.0 Å². The van der Waals surface area contributed by atoms with E-state index in [1.165, 1.54) is 44.9 Å². The summed E-state index contributed by atoms with van der Waals surface area (Å²) >= 11 is 0. The van der Waals surface area contributed by atoms with Gasteiger partial charge in [-0.2, -0.15) is 0 Å². The lowest BCUT2D eigenvalue weighted by atomic mass is 9.80. The van der Waals surface area contributed by atoms with Gasteiger partial charge in [0.05, 0.1) is 18.6 Å². The lowest BCUT2D eigenvalue weighted by molar-refractivity contribution is -0.145. The molecule has 200 valence electrons. The first kappa shape index (κ1) is 32.6. The van der Waals surface area contributed by atoms with Gasteiger partial charge < -0.3 is 20.4 Å². The molecule has 0 radical (unpaired) electrons. The summed E-state index contributed by atoms with van der Waals surface area (Å²) in [5.74, 6) is -2.37. The minimum atomic E-state index is -1.01. The Morgan fingerprint density at radius 3 is 1.79 bits per heavy atom. The summed E-state index contributed by atoms with van der Waals surface area (Å²) in [7, 11) is 0. The number of unbranched alkanes of at least 4 members (excludes halogenated alkanes) is 12. The van der Waals surface area contributed by atoms with Crippen molar-refractivity contribution in [3.05, 3.63) is 12.2 Å². The van der Waals surface area contributed by atoms with Gasteiger partial charge in [-0.15, -0.1) is 0 Å². The van der Waals surface area contributed by atoms with Gasteiger partial charge in [-0.1, -0.05) is 83.3 Å². The van der Waals surface area contributed by atoms with Crippen LogP contribution in [0.4, 0.5) is 0 Å². The Balaban J connectivity index is 4.29. The van der Waals surface area contributed by atoms with E-state index in [1.807, 2.05) is 0 Å². The molecule has 0 heterocycles. The van der Waals surface area contributed by atoms with E-state index in [1.54, 1.807) is 0 Å². The fourth-order valence-corrected chi connectivity index (χ4v) is 4.57. The van der Waals surface area contributed by atoms with Crippen molar-refractivity contribution in [1.29, 1.82) is 0 Å². The second-order valence-electron chi connectivity index (χ2n) is 9.79. The minimum Gasteiger partial charge on any atom is -0.481 e. The molecule has 0 spiro atoms. The van der Waals surface area contributed by atoms with E-state index in [9.17, 15) is 19.8 Å². The van der Waals surface area contributed by atoms with Crippen LogP contribution in [0.25, 0.3) is 0 Å². The fraction of sp³-hybridized carbons (Fsp3) is 0.857. The van der Waals surface area contributed by atoms with E-state index < -0.39 is 30.6 Å². The standard InChI is InChI=1S/C28H52O6/c1-2-3-4-5-6-7-8-9-10-11-12-13-16-19-24(20-17-14-15-18-21-27(31)32)26(28(33)34)22-25(30)23-29/h10-11,24-26,29-30H,2-9,12-23H2,1H3,(H,31,32)(H,33,34). The molecule has 0 aliphatic heterocycles. The number of hydrogen-bond acceptors (Lipinski definition) is 4. The zero-order chi connectivity index (χ0) is 25.4. The molecule has 0 fully saturated rings. The highest BCUT2D eigenvalue weighted by molar-refractivity contribution is 5.70. The summed E-state index contributed by atoms with van der Waals surface area (Å²) < 4.78 is 0. The Labute approximate surface area is 207 Å². The molecule has 0 saturated carbocycles. The van der Waals surface area contributed by atoms with E-state index in [0.29, 0.717) is 6.42 Å². The number of carboxylic acids is 2. The molecule has 4 N–H and O–H groups in total. The van der Waals surface area contributed by atoms with Crippen molar-refractivity contribution in [1.82, 2.24) is 0 Å². The maximum atomic E-state index is 11.9. The summed E-state index contributed by atoms with van der Waals surface area (Å²) in [5, 5.41) is 37.4. The smallest absolute Gasteiger partial charge is 0.306 e. The predicted octanol–water partition coefficient (Wildman–Crippen LogP) is 6.73. The molecule has 0 saturated heterocycles. The number of aliphatic hydroxyl groups is 2. The van der Waals surface area contributed by atoms with Crippen LogP contribution < -0.4 is 0 Å². The third-order valence-corrected chi connectivity index (χ3v) is 6.68. The van der Waals surface area contributed by atoms with Gasteiger partial charge in [0.15, 0.2) is 0 Å². The average molecular weight is 485 g/mol. The van der Waals surface area contributed by atoms with E-state index in [-0.39, 0.29) is 18.8 Å². The Kier molecular flexibility index (Phi) is 22.4. The van der Waals surface area contributed by atoms with Gasteiger partial charge in [-0.3, -0.25) is 9.59 Å². The average Bonchev–Trinajstić information content (AvgIpc) is 2.80. The molecule has 3 unspecified atom stereocenters. The molecule has 0 bridgehead atoms. The number of aliphatic hydroxyl groups excluding tert-OH is 2. The first-order valence-electron chi connectivity index (χ1n) is 13.8. The third-order valence-electron chi connectivity index (χ3n) is 6.68. The van der Waals surface area contributed by atoms with Crippen LogP contribution in [0, 0.1) is 11.8 Å². The van der Waals surface area contributed by atoms with E-state index in [2.05, 4.69) is 19.1 Å². The minimum absolute atomic E-state index is 0.0325. The molecular weight excluding hydrogens is 432 g/mol. The van der Waals surface area contributed by atoms with Crippen LogP contribution in [0.15, 0.2) is 12.2 Å². The van der Waals surface area contributed by atoms with Crippen molar-refractivity contribution in [2.75, 3.05) is 6.61 Å². The molecule has 34 heavy (non-hydrogen) atoms. The highest BCUT2D eigenvalue weighted by Gasteiger charge is 2.29. The molecule has 0 amide bonds. The van der Waals surface area contributed by atoms with Crippen LogP contribution in [0.1, 0.15) is 129 Å². The van der Waals surface area contributed by atoms with Crippen molar-refractivity contribution in [3.63, 3.8) is 0 Å². The lowest BCUT2D eigenvalue weighted by Gasteiger charge is -2.25. The highest BCUT2D eigenvalue weighted by Crippen LogP contribution is 2.29. The Hall–Kier alpha value is -1.40. The molecule has 0 aromatic carbocycles. The van der Waals surface area contributed by atoms with Gasteiger partial charge in [-0.05, 0) is 57.3 Å². The zero-order valence-corrected chi connectivity index (χ0v) is 21.6. The fourth-order valence-electron chi connectivity index (χ4n) is 4.57. The van der Waals surface area contributed by atoms with Crippen LogP contribution in [0.2, 0.25) is 0 Å². The van der Waals surface area contributed by atoms with Crippen LogP contribution in [0.3, 0.4) is 0 Å². The number of carboxylic acid groups (broad SMARTS) is 2. The number of hydrogen-bond donors (Lipinski definition) is 4. The molecule has 0 aliphatic rings. The molecule has 6 heteroatoms. The van der Waals surface area contributed by atoms with Gasteiger partial charge in [0.1, 0.15) is 0 Å². The van der Waals surface area contributed by atoms with Crippen molar-refractivity contribution in [3.8, 4) is 0 Å². The van der Waals surface area contributed by atoms with Crippen LogP contribution >= 0.6 is 0 Å². The normalized spacial score (nSPS) is 14.3. The maximum Gasteiger partial charge on any atom is 0.306 e. The van der Waals surface area contributed by atoms with E-state index >= 15 is 0 Å². The second kappa shape index (κ2) is 23.3. The first-order valence-corrected chi connectivity index (χ1v) is 13.8. The molecule has 0 aromatic heterocycles. The molecule has 0 aliphatic carbocycles. The molecule has 0 rings (SSSR count). The summed E-state index contributed by atoms with van der Waals surface area (Å²) in [5.41, 5.74) is 0. The van der Waals surface area contributed by atoms with Crippen LogP contribution in [0.5, 0.6) is 0 Å². The first-order chi connectivity index (χ1) is 16.4. The summed E-state index contributed by atoms with van der Waals surface area (Å²) in [4.78, 5) is 22.5. The van der Waals surface area contributed by atoms with Crippen LogP contribution in [-0.4, -0.2) is 45.1 Å². The van der Waals surface area contributed by atoms with Crippen molar-refractivity contribution in [2.45, 2.75) is 135 Å². The quantitative estimate of drug-likeness (QED) is 0.0843. The van der Waals surface area contributed by atoms with Crippen LogP contribution in [-0.2, 0) is 9.59 Å². The van der Waals surface area contributed by atoms with Crippen molar-refractivity contribution >= 4 is 11.9 Å². The number of rotatable bonds is 25. The second-order valence-corrected chi connectivity index (χ2v) is 9.79. The molecule has 3 atom stereocenters. The number of carbonyl (C=O) groups is 2. The predicted molar refractivity (Wildman–Crippen MR) is 138 cm³/mol. The SMILES string of the molecule is CCCCCCCCCC=CCCCCC(CCCCCCC(=O)O)C(CC(O)CO)C(=O)O.